The number of rotatable bonds is 8. The molecule has 0 bridgehead atoms. The Balaban J connectivity index is 1.91. The summed E-state index contributed by atoms with van der Waals surface area (Å²) in [4.78, 5) is 31.3. The molecule has 0 radical (unpaired) electrons. The van der Waals surface area contributed by atoms with Crippen LogP contribution in [0, 0.1) is 0 Å². The van der Waals surface area contributed by atoms with Crippen LogP contribution in [0.25, 0.3) is 11.4 Å². The van der Waals surface area contributed by atoms with Crippen molar-refractivity contribution >= 4 is 18.1 Å². The maximum atomic E-state index is 12.5. The van der Waals surface area contributed by atoms with Crippen molar-refractivity contribution in [3.63, 3.8) is 0 Å². The first-order valence-electron chi connectivity index (χ1n) is 8.30. The van der Waals surface area contributed by atoms with Crippen molar-refractivity contribution in [2.24, 2.45) is 5.16 Å². The number of carboxylic acids is 1. The number of nitrogens with zero attached hydrogens (tertiary/aromatic N) is 3. The van der Waals surface area contributed by atoms with E-state index in [1.807, 2.05) is 0 Å². The molecular weight excluding hydrogens is 397 g/mol. The number of alkyl halides is 3. The van der Waals surface area contributed by atoms with E-state index in [0.717, 1.165) is 0 Å². The van der Waals surface area contributed by atoms with Gasteiger partial charge in [0.1, 0.15) is 0 Å². The molecule has 0 fully saturated rings. The Hall–Kier alpha value is -3.44. The Morgan fingerprint density at radius 1 is 1.31 bits per heavy atom. The number of amides is 1. The number of carbonyl (C=O) groups excluding carboxylic acids is 1. The molecule has 1 aromatic heterocycles. The standard InChI is InChI=1S/C17H17F3N4O5/c1-3-16(2,15(26)27)29-22-9-8-21-13(25)11-6-4-10(5-7-11)12-23-14(28-24-12)17(18,19)20/h4-7,9H,3,8H2,1-2H3,(H,21,25)(H,26,27)/b22-9+. The van der Waals surface area contributed by atoms with Gasteiger partial charge in [-0.15, -0.1) is 0 Å². The van der Waals surface area contributed by atoms with Crippen LogP contribution in [-0.4, -0.2) is 45.5 Å². The summed E-state index contributed by atoms with van der Waals surface area (Å²) in [5.74, 6) is -3.36. The van der Waals surface area contributed by atoms with E-state index < -0.39 is 29.5 Å². The fourth-order valence-electron chi connectivity index (χ4n) is 1.91. The molecule has 156 valence electrons. The Morgan fingerprint density at radius 3 is 2.48 bits per heavy atom. The fraction of sp³-hybridized carbons (Fsp3) is 0.353. The molecule has 0 aliphatic carbocycles. The summed E-state index contributed by atoms with van der Waals surface area (Å²) in [5.41, 5.74) is -0.993. The quantitative estimate of drug-likeness (QED) is 0.502. The molecule has 1 aromatic carbocycles. The summed E-state index contributed by atoms with van der Waals surface area (Å²) in [7, 11) is 0. The molecule has 0 saturated carbocycles. The number of carbonyl (C=O) groups is 2. The van der Waals surface area contributed by atoms with Gasteiger partial charge in [0, 0.05) is 11.1 Å². The molecule has 2 N–H and O–H groups in total. The summed E-state index contributed by atoms with van der Waals surface area (Å²) < 4.78 is 41.6. The first-order valence-corrected chi connectivity index (χ1v) is 8.30. The average Bonchev–Trinajstić information content (AvgIpc) is 3.18. The van der Waals surface area contributed by atoms with E-state index in [0.29, 0.717) is 0 Å². The van der Waals surface area contributed by atoms with E-state index in [4.69, 9.17) is 9.94 Å². The zero-order valence-corrected chi connectivity index (χ0v) is 15.4. The van der Waals surface area contributed by atoms with Gasteiger partial charge < -0.3 is 19.8 Å². The van der Waals surface area contributed by atoms with Gasteiger partial charge in [0.2, 0.25) is 11.4 Å². The van der Waals surface area contributed by atoms with E-state index in [1.165, 1.54) is 37.4 Å². The lowest BCUT2D eigenvalue weighted by atomic mass is 10.1. The van der Waals surface area contributed by atoms with E-state index in [1.54, 1.807) is 6.92 Å². The van der Waals surface area contributed by atoms with Crippen LogP contribution in [0.2, 0.25) is 0 Å². The number of hydrogen-bond acceptors (Lipinski definition) is 7. The first-order chi connectivity index (χ1) is 13.6. The van der Waals surface area contributed by atoms with Crippen molar-refractivity contribution in [3.8, 4) is 11.4 Å². The molecule has 29 heavy (non-hydrogen) atoms. The number of aromatic nitrogens is 2. The number of nitrogens with one attached hydrogen (secondary N) is 1. The second-order valence-electron chi connectivity index (χ2n) is 5.98. The van der Waals surface area contributed by atoms with Gasteiger partial charge >= 0.3 is 18.0 Å². The average molecular weight is 414 g/mol. The number of halogens is 3. The van der Waals surface area contributed by atoms with Gasteiger partial charge in [-0.25, -0.2) is 4.79 Å². The van der Waals surface area contributed by atoms with E-state index in [9.17, 15) is 22.8 Å². The third-order valence-electron chi connectivity index (χ3n) is 3.88. The largest absolute Gasteiger partial charge is 0.478 e. The highest BCUT2D eigenvalue weighted by molar-refractivity contribution is 5.95. The van der Waals surface area contributed by atoms with Gasteiger partial charge in [-0.1, -0.05) is 29.4 Å². The van der Waals surface area contributed by atoms with Crippen LogP contribution in [-0.2, 0) is 15.8 Å². The number of hydrogen-bond donors (Lipinski definition) is 2. The minimum atomic E-state index is -4.74. The zero-order valence-electron chi connectivity index (χ0n) is 15.4. The molecule has 0 spiro atoms. The third kappa shape index (κ3) is 5.53. The maximum Gasteiger partial charge on any atom is 0.471 e. The number of carboxylic acid groups (broad SMARTS) is 1. The second kappa shape index (κ2) is 8.71. The number of aliphatic carboxylic acids is 1. The van der Waals surface area contributed by atoms with Gasteiger partial charge in [0.15, 0.2) is 0 Å². The van der Waals surface area contributed by atoms with Crippen LogP contribution in [0.1, 0.15) is 36.5 Å². The van der Waals surface area contributed by atoms with Crippen LogP contribution in [0.4, 0.5) is 13.2 Å². The SMILES string of the molecule is CCC(C)(O/N=C/CNC(=O)c1ccc(-c2noc(C(F)(F)F)n2)cc1)C(=O)O. The van der Waals surface area contributed by atoms with E-state index >= 15 is 0 Å². The molecular formula is C17H17F3N4O5. The molecule has 1 atom stereocenters. The first kappa shape index (κ1) is 21.9. The summed E-state index contributed by atoms with van der Waals surface area (Å²) in [5, 5.41) is 18.3. The zero-order chi connectivity index (χ0) is 21.7. The summed E-state index contributed by atoms with van der Waals surface area (Å²) in [6, 6.07) is 5.49. The van der Waals surface area contributed by atoms with Gasteiger partial charge in [-0.2, -0.15) is 18.2 Å². The Bertz CT molecular complexity index is 895. The molecule has 12 heteroatoms. The lowest BCUT2D eigenvalue weighted by Crippen LogP contribution is -2.36. The Kier molecular flexibility index (Phi) is 6.56. The van der Waals surface area contributed by atoms with Crippen molar-refractivity contribution in [3.05, 3.63) is 35.7 Å². The molecule has 2 rings (SSSR count). The molecule has 1 amide bonds. The normalized spacial score (nSPS) is 13.8. The van der Waals surface area contributed by atoms with Gasteiger partial charge in [0.25, 0.3) is 5.91 Å². The molecule has 1 heterocycles. The van der Waals surface area contributed by atoms with Gasteiger partial charge in [-0.3, -0.25) is 4.79 Å². The lowest BCUT2D eigenvalue weighted by Gasteiger charge is -2.19. The highest BCUT2D eigenvalue weighted by Gasteiger charge is 2.38. The van der Waals surface area contributed by atoms with E-state index in [2.05, 4.69) is 25.1 Å². The minimum absolute atomic E-state index is 0.0280. The molecule has 0 saturated heterocycles. The van der Waals surface area contributed by atoms with Crippen molar-refractivity contribution in [1.29, 1.82) is 0 Å². The summed E-state index contributed by atoms with van der Waals surface area (Å²) >= 11 is 0. The number of oxime groups is 1. The lowest BCUT2D eigenvalue weighted by molar-refractivity contribution is -0.164. The topological polar surface area (TPSA) is 127 Å². The van der Waals surface area contributed by atoms with Crippen LogP contribution < -0.4 is 5.32 Å². The second-order valence-corrected chi connectivity index (χ2v) is 5.98. The number of benzene rings is 1. The fourth-order valence-corrected chi connectivity index (χ4v) is 1.91. The van der Waals surface area contributed by atoms with Gasteiger partial charge in [-0.05, 0) is 25.5 Å². The van der Waals surface area contributed by atoms with Crippen LogP contribution >= 0.6 is 0 Å². The highest BCUT2D eigenvalue weighted by atomic mass is 19.4. The predicted octanol–water partition coefficient (Wildman–Crippen LogP) is 2.74. The Morgan fingerprint density at radius 2 is 1.97 bits per heavy atom. The minimum Gasteiger partial charge on any atom is -0.478 e. The smallest absolute Gasteiger partial charge is 0.471 e. The molecule has 2 aromatic rings. The predicted molar refractivity (Wildman–Crippen MR) is 93.0 cm³/mol. The monoisotopic (exact) mass is 414 g/mol. The summed E-state index contributed by atoms with van der Waals surface area (Å²) in [6.45, 7) is 2.97. The van der Waals surface area contributed by atoms with Crippen LogP contribution in [0.5, 0.6) is 0 Å². The van der Waals surface area contributed by atoms with Crippen molar-refractivity contribution < 1.29 is 37.2 Å². The van der Waals surface area contributed by atoms with Gasteiger partial charge in [0.05, 0.1) is 12.8 Å². The van der Waals surface area contributed by atoms with Crippen LogP contribution in [0.15, 0.2) is 33.9 Å². The molecule has 0 aliphatic heterocycles. The van der Waals surface area contributed by atoms with E-state index in [-0.39, 0.29) is 29.9 Å². The Labute approximate surface area is 162 Å². The van der Waals surface area contributed by atoms with Crippen molar-refractivity contribution in [2.75, 3.05) is 6.54 Å². The summed E-state index contributed by atoms with van der Waals surface area (Å²) in [6.07, 6.45) is -3.35. The molecule has 0 aliphatic rings. The molecule has 1 unspecified atom stereocenters. The van der Waals surface area contributed by atoms with Crippen molar-refractivity contribution in [2.45, 2.75) is 32.0 Å². The third-order valence-corrected chi connectivity index (χ3v) is 3.88. The molecule has 9 nitrogen and oxygen atoms in total. The maximum absolute atomic E-state index is 12.5. The highest BCUT2D eigenvalue weighted by Crippen LogP contribution is 2.29. The van der Waals surface area contributed by atoms with Crippen LogP contribution in [0.3, 0.4) is 0 Å². The van der Waals surface area contributed by atoms with Crippen molar-refractivity contribution in [1.82, 2.24) is 15.5 Å².